The number of aliphatic hydroxyl groups is 1. The fourth-order valence-electron chi connectivity index (χ4n) is 3.13. The predicted molar refractivity (Wildman–Crippen MR) is 73.1 cm³/mol. The number of rotatable bonds is 2. The maximum Gasteiger partial charge on any atom is 0.101 e. The third-order valence-corrected chi connectivity index (χ3v) is 4.48. The van der Waals surface area contributed by atoms with E-state index < -0.39 is 0 Å². The molecule has 1 N–H and O–H groups in total. The Kier molecular flexibility index (Phi) is 3.81. The highest BCUT2D eigenvalue weighted by Crippen LogP contribution is 2.43. The average molecular weight is 250 g/mol. The Balaban J connectivity index is 1.94. The monoisotopic (exact) mass is 250 g/mol. The van der Waals surface area contributed by atoms with E-state index in [2.05, 4.69) is 25.9 Å². The van der Waals surface area contributed by atoms with Crippen LogP contribution in [0.5, 0.6) is 0 Å². The van der Waals surface area contributed by atoms with Crippen molar-refractivity contribution in [1.82, 2.24) is 9.78 Å². The summed E-state index contributed by atoms with van der Waals surface area (Å²) in [6.07, 6.45) is 6.24. The van der Waals surface area contributed by atoms with E-state index in [4.69, 9.17) is 0 Å². The molecule has 0 spiro atoms. The summed E-state index contributed by atoms with van der Waals surface area (Å²) in [5, 5.41) is 14.7. The van der Waals surface area contributed by atoms with Crippen LogP contribution in [0.4, 0.5) is 0 Å². The fraction of sp³-hybridized carbons (Fsp3) is 0.800. The maximum atomic E-state index is 10.4. The van der Waals surface area contributed by atoms with Crippen LogP contribution < -0.4 is 0 Å². The molecule has 1 aliphatic rings. The summed E-state index contributed by atoms with van der Waals surface area (Å²) in [5.41, 5.74) is 1.23. The van der Waals surface area contributed by atoms with Crippen molar-refractivity contribution in [2.45, 2.75) is 52.6 Å². The van der Waals surface area contributed by atoms with E-state index in [-0.39, 0.29) is 6.10 Å². The topological polar surface area (TPSA) is 38.0 Å². The number of hydrogen-bond donors (Lipinski definition) is 1. The van der Waals surface area contributed by atoms with Crippen molar-refractivity contribution in [1.29, 1.82) is 0 Å². The van der Waals surface area contributed by atoms with E-state index in [1.165, 1.54) is 12.8 Å². The van der Waals surface area contributed by atoms with E-state index in [0.717, 1.165) is 24.5 Å². The zero-order valence-electron chi connectivity index (χ0n) is 12.1. The summed E-state index contributed by atoms with van der Waals surface area (Å²) in [7, 11) is 1.90. The van der Waals surface area contributed by atoms with E-state index in [0.29, 0.717) is 11.3 Å². The molecular weight excluding hydrogens is 224 g/mol. The molecule has 0 radical (unpaired) electrons. The van der Waals surface area contributed by atoms with Gasteiger partial charge in [0.05, 0.1) is 5.69 Å². The summed E-state index contributed by atoms with van der Waals surface area (Å²) >= 11 is 0. The SMILES string of the molecule is Cn1ccc(C(O)C2CCC(C(C)(C)C)CC2)n1. The van der Waals surface area contributed by atoms with Gasteiger partial charge in [-0.05, 0) is 49.0 Å². The Morgan fingerprint density at radius 1 is 1.28 bits per heavy atom. The minimum atomic E-state index is -0.382. The molecule has 3 nitrogen and oxygen atoms in total. The van der Waals surface area contributed by atoms with Crippen molar-refractivity contribution in [2.75, 3.05) is 0 Å². The van der Waals surface area contributed by atoms with Crippen LogP contribution >= 0.6 is 0 Å². The standard InChI is InChI=1S/C15H26N2O/c1-15(2,3)12-7-5-11(6-8-12)14(18)13-9-10-17(4)16-13/h9-12,14,18H,5-8H2,1-4H3. The molecule has 0 amide bonds. The Morgan fingerprint density at radius 3 is 2.33 bits per heavy atom. The van der Waals surface area contributed by atoms with Gasteiger partial charge in [-0.1, -0.05) is 20.8 Å². The number of aryl methyl sites for hydroxylation is 1. The third kappa shape index (κ3) is 2.94. The van der Waals surface area contributed by atoms with Gasteiger partial charge >= 0.3 is 0 Å². The first-order chi connectivity index (χ1) is 8.38. The quantitative estimate of drug-likeness (QED) is 0.874. The van der Waals surface area contributed by atoms with Crippen LogP contribution in [0.1, 0.15) is 58.3 Å². The molecular formula is C15H26N2O. The molecule has 0 aromatic carbocycles. The van der Waals surface area contributed by atoms with Crippen LogP contribution in [0.15, 0.2) is 12.3 Å². The third-order valence-electron chi connectivity index (χ3n) is 4.48. The molecule has 0 bridgehead atoms. The van der Waals surface area contributed by atoms with Gasteiger partial charge in [0.15, 0.2) is 0 Å². The minimum absolute atomic E-state index is 0.382. The Labute approximate surface area is 110 Å². The molecule has 1 atom stereocenters. The van der Waals surface area contributed by atoms with Gasteiger partial charge in [-0.2, -0.15) is 5.10 Å². The molecule has 3 heteroatoms. The van der Waals surface area contributed by atoms with Gasteiger partial charge in [0.1, 0.15) is 6.10 Å². The Bertz CT molecular complexity index is 383. The zero-order chi connectivity index (χ0) is 13.3. The number of nitrogens with zero attached hydrogens (tertiary/aromatic N) is 2. The van der Waals surface area contributed by atoms with Gasteiger partial charge in [-0.15, -0.1) is 0 Å². The smallest absolute Gasteiger partial charge is 0.101 e. The molecule has 1 aromatic heterocycles. The van der Waals surface area contributed by atoms with Crippen LogP contribution in [0.3, 0.4) is 0 Å². The van der Waals surface area contributed by atoms with Crippen LogP contribution in [0, 0.1) is 17.3 Å². The molecule has 1 aliphatic carbocycles. The van der Waals surface area contributed by atoms with Crippen molar-refractivity contribution >= 4 is 0 Å². The van der Waals surface area contributed by atoms with Gasteiger partial charge in [0.25, 0.3) is 0 Å². The second kappa shape index (κ2) is 5.04. The normalized spacial score (nSPS) is 27.2. The van der Waals surface area contributed by atoms with Crippen molar-refractivity contribution in [2.24, 2.45) is 24.3 Å². The largest absolute Gasteiger partial charge is 0.386 e. The lowest BCUT2D eigenvalue weighted by atomic mass is 9.68. The van der Waals surface area contributed by atoms with Gasteiger partial charge in [-0.25, -0.2) is 0 Å². The second-order valence-corrected chi connectivity index (χ2v) is 6.84. The average Bonchev–Trinajstić information content (AvgIpc) is 2.74. The van der Waals surface area contributed by atoms with Crippen molar-refractivity contribution in [3.63, 3.8) is 0 Å². The van der Waals surface area contributed by atoms with Crippen LogP contribution in [0.2, 0.25) is 0 Å². The molecule has 1 heterocycles. The van der Waals surface area contributed by atoms with Gasteiger partial charge in [-0.3, -0.25) is 4.68 Å². The molecule has 2 rings (SSSR count). The van der Waals surface area contributed by atoms with Crippen LogP contribution in [-0.4, -0.2) is 14.9 Å². The van der Waals surface area contributed by atoms with Crippen molar-refractivity contribution < 1.29 is 5.11 Å². The van der Waals surface area contributed by atoms with Crippen molar-refractivity contribution in [3.8, 4) is 0 Å². The minimum Gasteiger partial charge on any atom is -0.386 e. The summed E-state index contributed by atoms with van der Waals surface area (Å²) in [6, 6.07) is 1.93. The predicted octanol–water partition coefficient (Wildman–Crippen LogP) is 3.31. The van der Waals surface area contributed by atoms with E-state index in [9.17, 15) is 5.11 Å². The summed E-state index contributed by atoms with van der Waals surface area (Å²) in [4.78, 5) is 0. The first-order valence-electron chi connectivity index (χ1n) is 7.05. The Hall–Kier alpha value is -0.830. The second-order valence-electron chi connectivity index (χ2n) is 6.84. The van der Waals surface area contributed by atoms with Crippen LogP contribution in [-0.2, 0) is 7.05 Å². The number of aliphatic hydroxyl groups excluding tert-OH is 1. The van der Waals surface area contributed by atoms with Crippen molar-refractivity contribution in [3.05, 3.63) is 18.0 Å². The summed E-state index contributed by atoms with van der Waals surface area (Å²) < 4.78 is 1.76. The lowest BCUT2D eigenvalue weighted by molar-refractivity contribution is 0.0499. The summed E-state index contributed by atoms with van der Waals surface area (Å²) in [5.74, 6) is 1.18. The molecule has 0 saturated heterocycles. The van der Waals surface area contributed by atoms with Gasteiger partial charge in [0, 0.05) is 13.2 Å². The molecule has 0 aliphatic heterocycles. The number of aromatic nitrogens is 2. The number of hydrogen-bond acceptors (Lipinski definition) is 2. The van der Waals surface area contributed by atoms with Gasteiger partial charge in [0.2, 0.25) is 0 Å². The highest BCUT2D eigenvalue weighted by atomic mass is 16.3. The molecule has 102 valence electrons. The van der Waals surface area contributed by atoms with E-state index >= 15 is 0 Å². The zero-order valence-corrected chi connectivity index (χ0v) is 12.1. The molecule has 1 fully saturated rings. The highest BCUT2D eigenvalue weighted by molar-refractivity contribution is 5.04. The van der Waals surface area contributed by atoms with Crippen LogP contribution in [0.25, 0.3) is 0 Å². The molecule has 1 saturated carbocycles. The summed E-state index contributed by atoms with van der Waals surface area (Å²) in [6.45, 7) is 6.98. The van der Waals surface area contributed by atoms with E-state index in [1.54, 1.807) is 4.68 Å². The maximum absolute atomic E-state index is 10.4. The van der Waals surface area contributed by atoms with Gasteiger partial charge < -0.3 is 5.11 Å². The lowest BCUT2D eigenvalue weighted by Crippen LogP contribution is -2.28. The first kappa shape index (κ1) is 13.6. The highest BCUT2D eigenvalue weighted by Gasteiger charge is 2.33. The fourth-order valence-corrected chi connectivity index (χ4v) is 3.13. The molecule has 1 unspecified atom stereocenters. The first-order valence-corrected chi connectivity index (χ1v) is 7.05. The Morgan fingerprint density at radius 2 is 1.89 bits per heavy atom. The molecule has 1 aromatic rings. The van der Waals surface area contributed by atoms with E-state index in [1.807, 2.05) is 19.3 Å². The lowest BCUT2D eigenvalue weighted by Gasteiger charge is -2.38. The molecule has 18 heavy (non-hydrogen) atoms.